The van der Waals surface area contributed by atoms with Gasteiger partial charge in [0.25, 0.3) is 0 Å². The van der Waals surface area contributed by atoms with E-state index in [4.69, 9.17) is 0 Å². The number of aliphatic hydroxyl groups excluding tert-OH is 1. The summed E-state index contributed by atoms with van der Waals surface area (Å²) in [6, 6.07) is 0. The van der Waals surface area contributed by atoms with Gasteiger partial charge in [-0.1, -0.05) is 57.6 Å². The maximum atomic E-state index is 10.2. The third kappa shape index (κ3) is 5.19. The first-order valence-electron chi connectivity index (χ1n) is 12.2. The molecular weight excluding hydrogens is 368 g/mol. The van der Waals surface area contributed by atoms with Gasteiger partial charge in [-0.3, -0.25) is 0 Å². The number of rotatable bonds is 6. The molecule has 3 aliphatic rings. The molecule has 3 saturated carbocycles. The van der Waals surface area contributed by atoms with Crippen LogP contribution in [0.2, 0.25) is 0 Å². The molecule has 0 amide bonds. The zero-order valence-corrected chi connectivity index (χ0v) is 19.8. The fraction of sp³-hybridized carbons (Fsp3) is 0.714. The van der Waals surface area contributed by atoms with Gasteiger partial charge < -0.3 is 10.2 Å². The molecule has 3 rings (SSSR count). The van der Waals surface area contributed by atoms with Crippen molar-refractivity contribution in [3.63, 3.8) is 0 Å². The lowest BCUT2D eigenvalue weighted by Crippen LogP contribution is -2.36. The third-order valence-corrected chi connectivity index (χ3v) is 8.45. The Bertz CT molecular complexity index is 719. The highest BCUT2D eigenvalue weighted by molar-refractivity contribution is 5.41. The van der Waals surface area contributed by atoms with E-state index >= 15 is 0 Å². The summed E-state index contributed by atoms with van der Waals surface area (Å²) in [5.41, 5.74) is 4.70. The minimum absolute atomic E-state index is 0.411. The normalized spacial score (nSPS) is 36.4. The van der Waals surface area contributed by atoms with Crippen molar-refractivity contribution in [2.45, 2.75) is 104 Å². The van der Waals surface area contributed by atoms with Crippen molar-refractivity contribution < 1.29 is 10.2 Å². The Labute approximate surface area is 184 Å². The van der Waals surface area contributed by atoms with Crippen molar-refractivity contribution >= 4 is 0 Å². The molecule has 0 radical (unpaired) electrons. The quantitative estimate of drug-likeness (QED) is 0.466. The predicted molar refractivity (Wildman–Crippen MR) is 127 cm³/mol. The molecule has 0 spiro atoms. The highest BCUT2D eigenvalue weighted by Crippen LogP contribution is 2.60. The van der Waals surface area contributed by atoms with Crippen molar-refractivity contribution in [2.75, 3.05) is 0 Å². The Morgan fingerprint density at radius 3 is 2.67 bits per heavy atom. The second-order valence-corrected chi connectivity index (χ2v) is 11.4. The molecule has 2 N–H and O–H groups in total. The first-order chi connectivity index (χ1) is 14.0. The Morgan fingerprint density at radius 1 is 1.23 bits per heavy atom. The maximum Gasteiger partial charge on any atom is 0.0791 e. The zero-order valence-electron chi connectivity index (χ0n) is 19.8. The first kappa shape index (κ1) is 23.5. The summed E-state index contributed by atoms with van der Waals surface area (Å²) in [5.74, 6) is 2.20. The highest BCUT2D eigenvalue weighted by Gasteiger charge is 2.50. The largest absolute Gasteiger partial charge is 0.390 e. The first-order valence-corrected chi connectivity index (χ1v) is 12.2. The molecule has 0 aromatic rings. The van der Waals surface area contributed by atoms with Crippen molar-refractivity contribution in [1.29, 1.82) is 0 Å². The number of hydrogen-bond donors (Lipinski definition) is 2. The third-order valence-electron chi connectivity index (χ3n) is 8.45. The van der Waals surface area contributed by atoms with E-state index in [1.165, 1.54) is 44.1 Å². The average molecular weight is 413 g/mol. The van der Waals surface area contributed by atoms with Gasteiger partial charge in [0.05, 0.1) is 11.7 Å². The Kier molecular flexibility index (Phi) is 7.19. The highest BCUT2D eigenvalue weighted by atomic mass is 16.3. The summed E-state index contributed by atoms with van der Waals surface area (Å²) in [7, 11) is 0. The molecule has 30 heavy (non-hydrogen) atoms. The molecule has 0 aromatic carbocycles. The standard InChI is InChI=1S/C28H44O2/c1-19(9-7-15-27(4,5)30)24-13-14-25-22(10-8-16-28(24,25)6)11-12-23-18-26(29)21(3)17-20(23)2/h11-12,19,24-26,29-30H,2-3,7-10,13-18H2,1,4-6H3/t19-,24?,25?,26+,28+/m0/s1. The van der Waals surface area contributed by atoms with Gasteiger partial charge in [-0.2, -0.15) is 0 Å². The second-order valence-electron chi connectivity index (χ2n) is 11.4. The average Bonchev–Trinajstić information content (AvgIpc) is 3.00. The van der Waals surface area contributed by atoms with E-state index in [0.29, 0.717) is 17.8 Å². The van der Waals surface area contributed by atoms with E-state index in [0.717, 1.165) is 42.2 Å². The fourth-order valence-electron chi connectivity index (χ4n) is 6.67. The molecule has 0 aliphatic heterocycles. The summed E-state index contributed by atoms with van der Waals surface area (Å²) in [6.45, 7) is 17.0. The molecule has 168 valence electrons. The molecule has 2 unspecified atom stereocenters. The van der Waals surface area contributed by atoms with Gasteiger partial charge in [0.15, 0.2) is 0 Å². The van der Waals surface area contributed by atoms with Crippen LogP contribution in [0.15, 0.2) is 47.6 Å². The van der Waals surface area contributed by atoms with Gasteiger partial charge in [-0.15, -0.1) is 0 Å². The van der Waals surface area contributed by atoms with Crippen molar-refractivity contribution in [3.8, 4) is 0 Å². The monoisotopic (exact) mass is 412 g/mol. The minimum Gasteiger partial charge on any atom is -0.390 e. The second kappa shape index (κ2) is 9.17. The van der Waals surface area contributed by atoms with E-state index in [1.807, 2.05) is 13.8 Å². The zero-order chi connectivity index (χ0) is 22.1. The van der Waals surface area contributed by atoms with E-state index in [-0.39, 0.29) is 0 Å². The van der Waals surface area contributed by atoms with Gasteiger partial charge in [0, 0.05) is 6.42 Å². The van der Waals surface area contributed by atoms with Crippen LogP contribution < -0.4 is 0 Å². The predicted octanol–water partition coefficient (Wildman–Crippen LogP) is 6.90. The Hall–Kier alpha value is -1.12. The molecule has 0 saturated heterocycles. The van der Waals surface area contributed by atoms with Gasteiger partial charge in [0.2, 0.25) is 0 Å². The van der Waals surface area contributed by atoms with Gasteiger partial charge in [-0.05, 0) is 98.7 Å². The van der Waals surface area contributed by atoms with E-state index < -0.39 is 11.7 Å². The van der Waals surface area contributed by atoms with Crippen LogP contribution in [0.4, 0.5) is 0 Å². The number of allylic oxidation sites excluding steroid dienone is 4. The number of aliphatic hydroxyl groups is 2. The maximum absolute atomic E-state index is 10.2. The molecule has 0 bridgehead atoms. The summed E-state index contributed by atoms with van der Waals surface area (Å²) in [6.07, 6.45) is 15.3. The summed E-state index contributed by atoms with van der Waals surface area (Å²) < 4.78 is 0. The van der Waals surface area contributed by atoms with Crippen molar-refractivity contribution in [1.82, 2.24) is 0 Å². The van der Waals surface area contributed by atoms with E-state index in [1.54, 1.807) is 5.57 Å². The van der Waals surface area contributed by atoms with Crippen LogP contribution in [0.5, 0.6) is 0 Å². The van der Waals surface area contributed by atoms with E-state index in [2.05, 4.69) is 39.2 Å². The van der Waals surface area contributed by atoms with Crippen LogP contribution in [0, 0.1) is 23.2 Å². The fourth-order valence-corrected chi connectivity index (χ4v) is 6.67. The molecule has 2 nitrogen and oxygen atoms in total. The molecular formula is C28H44O2. The van der Waals surface area contributed by atoms with Gasteiger partial charge >= 0.3 is 0 Å². The Morgan fingerprint density at radius 2 is 1.97 bits per heavy atom. The number of fused-ring (bicyclic) bond motifs is 1. The molecule has 2 heteroatoms. The number of hydrogen-bond acceptors (Lipinski definition) is 2. The summed E-state index contributed by atoms with van der Waals surface area (Å²) in [4.78, 5) is 0. The van der Waals surface area contributed by atoms with E-state index in [9.17, 15) is 10.2 Å². The summed E-state index contributed by atoms with van der Waals surface area (Å²) >= 11 is 0. The van der Waals surface area contributed by atoms with Gasteiger partial charge in [-0.25, -0.2) is 0 Å². The Balaban J connectivity index is 1.69. The van der Waals surface area contributed by atoms with Crippen LogP contribution in [0.3, 0.4) is 0 Å². The molecule has 3 aliphatic carbocycles. The van der Waals surface area contributed by atoms with Crippen LogP contribution in [0.25, 0.3) is 0 Å². The molecule has 0 heterocycles. The lowest BCUT2D eigenvalue weighted by atomic mass is 9.60. The summed E-state index contributed by atoms with van der Waals surface area (Å²) in [5, 5.41) is 20.2. The lowest BCUT2D eigenvalue weighted by Gasteiger charge is -2.44. The van der Waals surface area contributed by atoms with Crippen molar-refractivity contribution in [3.05, 3.63) is 47.6 Å². The molecule has 5 atom stereocenters. The SMILES string of the molecule is C=C1CC(=C)[C@H](O)CC1=CC=C1CCC[C@@]2(C)C1CCC2[C@@H](C)CCCC(C)(C)O. The molecule has 0 aromatic heterocycles. The topological polar surface area (TPSA) is 40.5 Å². The lowest BCUT2D eigenvalue weighted by molar-refractivity contribution is 0.0596. The molecule has 3 fully saturated rings. The van der Waals surface area contributed by atoms with Crippen LogP contribution in [-0.4, -0.2) is 21.9 Å². The van der Waals surface area contributed by atoms with Crippen LogP contribution in [-0.2, 0) is 0 Å². The van der Waals surface area contributed by atoms with Crippen LogP contribution in [0.1, 0.15) is 91.9 Å². The van der Waals surface area contributed by atoms with Gasteiger partial charge in [0.1, 0.15) is 0 Å². The smallest absolute Gasteiger partial charge is 0.0791 e. The van der Waals surface area contributed by atoms with Crippen LogP contribution >= 0.6 is 0 Å². The van der Waals surface area contributed by atoms with Crippen molar-refractivity contribution in [2.24, 2.45) is 23.2 Å². The minimum atomic E-state index is -0.543.